The molecule has 1 aromatic heterocycles. The van der Waals surface area contributed by atoms with Crippen molar-refractivity contribution in [2.75, 3.05) is 37.8 Å². The van der Waals surface area contributed by atoms with Gasteiger partial charge in [-0.3, -0.25) is 9.69 Å². The van der Waals surface area contributed by atoms with Gasteiger partial charge in [0.25, 0.3) is 0 Å². The highest BCUT2D eigenvalue weighted by Gasteiger charge is 2.23. The summed E-state index contributed by atoms with van der Waals surface area (Å²) in [5.74, 6) is -0.525. The Hall–Kier alpha value is -1.52. The number of nitrogens with zero attached hydrogens (tertiary/aromatic N) is 3. The first-order chi connectivity index (χ1) is 14.7. The summed E-state index contributed by atoms with van der Waals surface area (Å²) in [6.45, 7) is 1.28. The summed E-state index contributed by atoms with van der Waals surface area (Å²) in [7, 11) is 0.355. The van der Waals surface area contributed by atoms with Crippen molar-refractivity contribution >= 4 is 70.0 Å². The standard InChI is InChI=1S/C21H23BrClN3O3S2/c1-25(2)11-3-12-26(21-24-18-9-4-15(22)14-19(18)30-21)20(27)10-13-31(28,29)17-7-5-16(23)6-8-17/h4-9,14H,3,10-13H2,1-2H3. The molecule has 6 nitrogen and oxygen atoms in total. The number of sulfone groups is 1. The van der Waals surface area contributed by atoms with Crippen LogP contribution in [0.4, 0.5) is 5.13 Å². The van der Waals surface area contributed by atoms with Crippen LogP contribution in [0.1, 0.15) is 12.8 Å². The lowest BCUT2D eigenvalue weighted by atomic mass is 10.3. The maximum atomic E-state index is 13.1. The number of amides is 1. The predicted octanol–water partition coefficient (Wildman–Crippen LogP) is 4.86. The number of aromatic nitrogens is 1. The van der Waals surface area contributed by atoms with Crippen LogP contribution < -0.4 is 4.90 Å². The van der Waals surface area contributed by atoms with Gasteiger partial charge < -0.3 is 4.90 Å². The zero-order chi connectivity index (χ0) is 22.6. The van der Waals surface area contributed by atoms with Crippen LogP contribution in [0.2, 0.25) is 5.02 Å². The number of thiazole rings is 1. The SMILES string of the molecule is CN(C)CCCN(C(=O)CCS(=O)(=O)c1ccc(Cl)cc1)c1nc2ccc(Br)cc2s1. The van der Waals surface area contributed by atoms with Crippen molar-refractivity contribution in [3.8, 4) is 0 Å². The van der Waals surface area contributed by atoms with Crippen LogP contribution >= 0.6 is 38.9 Å². The van der Waals surface area contributed by atoms with E-state index in [4.69, 9.17) is 11.6 Å². The maximum Gasteiger partial charge on any atom is 0.229 e. The molecular formula is C21H23BrClN3O3S2. The van der Waals surface area contributed by atoms with Gasteiger partial charge in [0, 0.05) is 22.5 Å². The molecule has 0 radical (unpaired) electrons. The third kappa shape index (κ3) is 6.49. The highest BCUT2D eigenvalue weighted by atomic mass is 79.9. The van der Waals surface area contributed by atoms with E-state index >= 15 is 0 Å². The van der Waals surface area contributed by atoms with E-state index in [9.17, 15) is 13.2 Å². The molecule has 0 unspecified atom stereocenters. The van der Waals surface area contributed by atoms with E-state index in [1.807, 2.05) is 37.2 Å². The fourth-order valence-electron chi connectivity index (χ4n) is 2.99. The zero-order valence-corrected chi connectivity index (χ0v) is 21.2. The van der Waals surface area contributed by atoms with Gasteiger partial charge in [0.2, 0.25) is 5.91 Å². The summed E-state index contributed by atoms with van der Waals surface area (Å²) < 4.78 is 27.2. The molecule has 0 aliphatic heterocycles. The summed E-state index contributed by atoms with van der Waals surface area (Å²) in [6, 6.07) is 11.7. The third-order valence-corrected chi connectivity index (χ3v) is 8.13. The van der Waals surface area contributed by atoms with Crippen molar-refractivity contribution in [3.05, 3.63) is 52.0 Å². The molecule has 10 heteroatoms. The van der Waals surface area contributed by atoms with Crippen molar-refractivity contribution < 1.29 is 13.2 Å². The van der Waals surface area contributed by atoms with E-state index in [-0.39, 0.29) is 23.0 Å². The van der Waals surface area contributed by atoms with Crippen LogP contribution in [0.5, 0.6) is 0 Å². The molecule has 0 bridgehead atoms. The second kappa shape index (κ2) is 10.4. The maximum absolute atomic E-state index is 13.1. The van der Waals surface area contributed by atoms with E-state index in [0.29, 0.717) is 16.7 Å². The minimum absolute atomic E-state index is 0.119. The number of anilines is 1. The van der Waals surface area contributed by atoms with E-state index in [1.54, 1.807) is 4.90 Å². The van der Waals surface area contributed by atoms with E-state index < -0.39 is 9.84 Å². The van der Waals surface area contributed by atoms with Crippen LogP contribution in [0.15, 0.2) is 51.8 Å². The molecule has 0 atom stereocenters. The van der Waals surface area contributed by atoms with Crippen LogP contribution in [-0.4, -0.2) is 57.1 Å². The van der Waals surface area contributed by atoms with E-state index in [0.717, 1.165) is 27.7 Å². The van der Waals surface area contributed by atoms with Gasteiger partial charge in [0.15, 0.2) is 15.0 Å². The molecule has 166 valence electrons. The second-order valence-corrected chi connectivity index (χ2v) is 11.8. The molecule has 0 aliphatic carbocycles. The van der Waals surface area contributed by atoms with Gasteiger partial charge in [-0.05, 0) is 69.5 Å². The molecule has 0 aliphatic rings. The highest BCUT2D eigenvalue weighted by Crippen LogP contribution is 2.31. The number of benzene rings is 2. The zero-order valence-electron chi connectivity index (χ0n) is 17.2. The fourth-order valence-corrected chi connectivity index (χ4v) is 5.91. The molecule has 0 spiro atoms. The third-order valence-electron chi connectivity index (χ3n) is 4.62. The van der Waals surface area contributed by atoms with Gasteiger partial charge in [0.05, 0.1) is 20.9 Å². The Kier molecular flexibility index (Phi) is 8.09. The number of hydrogen-bond acceptors (Lipinski definition) is 6. The molecule has 3 rings (SSSR count). The average Bonchev–Trinajstić information content (AvgIpc) is 3.12. The average molecular weight is 545 g/mol. The summed E-state index contributed by atoms with van der Waals surface area (Å²) in [5, 5.41) is 1.05. The molecule has 0 saturated heterocycles. The second-order valence-electron chi connectivity index (χ2n) is 7.33. The smallest absolute Gasteiger partial charge is 0.229 e. The first-order valence-corrected chi connectivity index (χ1v) is 13.3. The Labute approximate surface area is 199 Å². The summed E-state index contributed by atoms with van der Waals surface area (Å²) in [6.07, 6.45) is 0.634. The Balaban J connectivity index is 1.78. The van der Waals surface area contributed by atoms with Gasteiger partial charge in [0.1, 0.15) is 0 Å². The van der Waals surface area contributed by atoms with Crippen molar-refractivity contribution in [1.82, 2.24) is 9.88 Å². The monoisotopic (exact) mass is 543 g/mol. The molecule has 0 saturated carbocycles. The van der Waals surface area contributed by atoms with Gasteiger partial charge >= 0.3 is 0 Å². The van der Waals surface area contributed by atoms with Gasteiger partial charge in [-0.15, -0.1) is 0 Å². The number of fused-ring (bicyclic) bond motifs is 1. The minimum Gasteiger partial charge on any atom is -0.309 e. The Bertz CT molecular complexity index is 1160. The number of halogens is 2. The van der Waals surface area contributed by atoms with Crippen molar-refractivity contribution in [3.63, 3.8) is 0 Å². The Morgan fingerprint density at radius 2 is 1.84 bits per heavy atom. The number of rotatable bonds is 9. The van der Waals surface area contributed by atoms with Gasteiger partial charge in [-0.1, -0.05) is 38.9 Å². The first-order valence-electron chi connectivity index (χ1n) is 9.65. The molecular weight excluding hydrogens is 522 g/mol. The number of hydrogen-bond donors (Lipinski definition) is 0. The predicted molar refractivity (Wildman–Crippen MR) is 131 cm³/mol. The van der Waals surface area contributed by atoms with Gasteiger partial charge in [-0.25, -0.2) is 13.4 Å². The Morgan fingerprint density at radius 1 is 1.13 bits per heavy atom. The molecule has 1 heterocycles. The lowest BCUT2D eigenvalue weighted by Crippen LogP contribution is -2.34. The van der Waals surface area contributed by atoms with Crippen molar-refractivity contribution in [2.24, 2.45) is 0 Å². The van der Waals surface area contributed by atoms with Crippen LogP contribution in [0.3, 0.4) is 0 Å². The largest absolute Gasteiger partial charge is 0.309 e. The van der Waals surface area contributed by atoms with Gasteiger partial charge in [-0.2, -0.15) is 0 Å². The Morgan fingerprint density at radius 3 is 2.52 bits per heavy atom. The number of carbonyl (C=O) groups excluding carboxylic acids is 1. The summed E-state index contributed by atoms with van der Waals surface area (Å²) in [5.41, 5.74) is 0.808. The summed E-state index contributed by atoms with van der Waals surface area (Å²) in [4.78, 5) is 21.5. The van der Waals surface area contributed by atoms with E-state index in [1.165, 1.54) is 35.6 Å². The van der Waals surface area contributed by atoms with Crippen molar-refractivity contribution in [1.29, 1.82) is 0 Å². The fraction of sp³-hybridized carbons (Fsp3) is 0.333. The topological polar surface area (TPSA) is 70.6 Å². The normalized spacial score (nSPS) is 11.9. The summed E-state index contributed by atoms with van der Waals surface area (Å²) >= 11 is 10.7. The first kappa shape index (κ1) is 24.1. The van der Waals surface area contributed by atoms with Crippen molar-refractivity contribution in [2.45, 2.75) is 17.7 Å². The van der Waals surface area contributed by atoms with Crippen LogP contribution in [0, 0.1) is 0 Å². The van der Waals surface area contributed by atoms with Crippen LogP contribution in [-0.2, 0) is 14.6 Å². The number of carbonyl (C=O) groups is 1. The lowest BCUT2D eigenvalue weighted by Gasteiger charge is -2.21. The molecule has 1 amide bonds. The highest BCUT2D eigenvalue weighted by molar-refractivity contribution is 9.10. The quantitative estimate of drug-likeness (QED) is 0.385. The molecule has 0 N–H and O–H groups in total. The molecule has 0 fully saturated rings. The minimum atomic E-state index is -3.59. The molecule has 3 aromatic rings. The molecule has 2 aromatic carbocycles. The lowest BCUT2D eigenvalue weighted by molar-refractivity contribution is -0.118. The van der Waals surface area contributed by atoms with E-state index in [2.05, 4.69) is 20.9 Å². The molecule has 31 heavy (non-hydrogen) atoms. The van der Waals surface area contributed by atoms with Crippen LogP contribution in [0.25, 0.3) is 10.2 Å².